The maximum absolute atomic E-state index is 5.07. The SMILES string of the molecule is c1ccc2c(c1)-c1cccc3c(-c4ccc(-n5c6ccccc6c6nc7ccccc7cc65)cc4)ccc-2c13. The van der Waals surface area contributed by atoms with Gasteiger partial charge in [-0.05, 0) is 74.5 Å². The van der Waals surface area contributed by atoms with Crippen molar-refractivity contribution in [3.63, 3.8) is 0 Å². The van der Waals surface area contributed by atoms with Crippen molar-refractivity contribution in [2.45, 2.75) is 0 Å². The number of benzene rings is 6. The number of para-hydroxylation sites is 2. The van der Waals surface area contributed by atoms with Crippen LogP contribution in [0.2, 0.25) is 0 Å². The lowest BCUT2D eigenvalue weighted by molar-refractivity contribution is 1.18. The van der Waals surface area contributed by atoms with E-state index in [-0.39, 0.29) is 0 Å². The van der Waals surface area contributed by atoms with Gasteiger partial charge in [-0.15, -0.1) is 0 Å². The molecule has 1 aliphatic rings. The summed E-state index contributed by atoms with van der Waals surface area (Å²) in [5, 5.41) is 5.00. The van der Waals surface area contributed by atoms with Gasteiger partial charge < -0.3 is 4.57 Å². The van der Waals surface area contributed by atoms with Gasteiger partial charge in [0.25, 0.3) is 0 Å². The van der Waals surface area contributed by atoms with E-state index in [1.807, 2.05) is 0 Å². The van der Waals surface area contributed by atoms with Gasteiger partial charge in [0.15, 0.2) is 0 Å². The number of hydrogen-bond donors (Lipinski definition) is 0. The van der Waals surface area contributed by atoms with Gasteiger partial charge in [0.05, 0.1) is 22.1 Å². The minimum atomic E-state index is 1.03. The summed E-state index contributed by atoms with van der Waals surface area (Å²) in [5.41, 5.74) is 13.3. The largest absolute Gasteiger partial charge is 0.308 e. The number of hydrogen-bond acceptors (Lipinski definition) is 1. The van der Waals surface area contributed by atoms with Crippen LogP contribution in [0, 0.1) is 0 Å². The van der Waals surface area contributed by atoms with E-state index < -0.39 is 0 Å². The monoisotopic (exact) mass is 494 g/mol. The van der Waals surface area contributed by atoms with E-state index in [1.54, 1.807) is 0 Å². The lowest BCUT2D eigenvalue weighted by atomic mass is 9.94. The number of nitrogens with zero attached hydrogens (tertiary/aromatic N) is 2. The zero-order chi connectivity index (χ0) is 25.5. The van der Waals surface area contributed by atoms with Crippen LogP contribution >= 0.6 is 0 Å². The molecule has 6 aromatic carbocycles. The molecule has 2 aromatic heterocycles. The highest BCUT2D eigenvalue weighted by molar-refractivity contribution is 6.18. The molecule has 8 aromatic rings. The summed E-state index contributed by atoms with van der Waals surface area (Å²) in [7, 11) is 0. The molecule has 39 heavy (non-hydrogen) atoms. The highest BCUT2D eigenvalue weighted by atomic mass is 15.0. The van der Waals surface area contributed by atoms with Gasteiger partial charge in [-0.2, -0.15) is 0 Å². The fourth-order valence-corrected chi connectivity index (χ4v) is 6.60. The second-order valence-electron chi connectivity index (χ2n) is 10.4. The Morgan fingerprint density at radius 2 is 1.13 bits per heavy atom. The van der Waals surface area contributed by atoms with Gasteiger partial charge in [-0.1, -0.05) is 103 Å². The number of pyridine rings is 1. The van der Waals surface area contributed by atoms with E-state index in [1.165, 1.54) is 55.1 Å². The first-order valence-electron chi connectivity index (χ1n) is 13.4. The number of aromatic nitrogens is 2. The first kappa shape index (κ1) is 20.8. The van der Waals surface area contributed by atoms with Crippen molar-refractivity contribution in [1.82, 2.24) is 9.55 Å². The van der Waals surface area contributed by atoms with Crippen LogP contribution < -0.4 is 0 Å². The van der Waals surface area contributed by atoms with Gasteiger partial charge >= 0.3 is 0 Å². The Bertz CT molecular complexity index is 2240. The fraction of sp³-hybridized carbons (Fsp3) is 0. The molecule has 0 N–H and O–H groups in total. The summed E-state index contributed by atoms with van der Waals surface area (Å²) in [6, 6.07) is 48.3. The average Bonchev–Trinajstić information content (AvgIpc) is 3.50. The first-order valence-corrected chi connectivity index (χ1v) is 13.4. The molecule has 0 atom stereocenters. The molecular formula is C37H22N2. The average molecular weight is 495 g/mol. The van der Waals surface area contributed by atoms with Crippen molar-refractivity contribution in [3.8, 4) is 39.1 Å². The minimum Gasteiger partial charge on any atom is -0.308 e. The molecule has 2 nitrogen and oxygen atoms in total. The standard InChI is InChI=1S/C37H22N2/c1-5-14-33-24(8-1)22-35-37(38-33)32-11-4-6-15-34(32)39(35)25-18-16-23(17-19-25)26-20-21-31-28-10-3-2-9-27(28)30-13-7-12-29(26)36(30)31/h1-22H. The van der Waals surface area contributed by atoms with Crippen LogP contribution in [0.5, 0.6) is 0 Å². The van der Waals surface area contributed by atoms with E-state index >= 15 is 0 Å². The van der Waals surface area contributed by atoms with Crippen molar-refractivity contribution >= 4 is 43.6 Å². The van der Waals surface area contributed by atoms with Crippen LogP contribution in [-0.4, -0.2) is 9.55 Å². The second-order valence-corrected chi connectivity index (χ2v) is 10.4. The molecule has 0 aliphatic heterocycles. The molecule has 0 fully saturated rings. The van der Waals surface area contributed by atoms with Gasteiger partial charge in [0, 0.05) is 16.5 Å². The van der Waals surface area contributed by atoms with Crippen LogP contribution in [0.1, 0.15) is 0 Å². The third-order valence-electron chi connectivity index (χ3n) is 8.33. The van der Waals surface area contributed by atoms with Crippen LogP contribution in [0.25, 0.3) is 82.7 Å². The third kappa shape index (κ3) is 2.83. The number of rotatable bonds is 2. The highest BCUT2D eigenvalue weighted by Crippen LogP contribution is 2.49. The van der Waals surface area contributed by atoms with Crippen LogP contribution in [-0.2, 0) is 0 Å². The molecule has 1 aliphatic carbocycles. The minimum absolute atomic E-state index is 1.03. The zero-order valence-electron chi connectivity index (χ0n) is 21.1. The lowest BCUT2D eigenvalue weighted by Crippen LogP contribution is -1.94. The first-order chi connectivity index (χ1) is 19.3. The summed E-state index contributed by atoms with van der Waals surface area (Å²) >= 11 is 0. The molecule has 2 heteroatoms. The van der Waals surface area contributed by atoms with E-state index in [4.69, 9.17) is 4.98 Å². The Balaban J connectivity index is 1.24. The molecule has 0 saturated heterocycles. The normalized spacial score (nSPS) is 12.1. The van der Waals surface area contributed by atoms with Crippen molar-refractivity contribution in [2.24, 2.45) is 0 Å². The zero-order valence-corrected chi connectivity index (χ0v) is 21.1. The third-order valence-corrected chi connectivity index (χ3v) is 8.33. The van der Waals surface area contributed by atoms with E-state index in [0.29, 0.717) is 0 Å². The Morgan fingerprint density at radius 1 is 0.462 bits per heavy atom. The van der Waals surface area contributed by atoms with Crippen molar-refractivity contribution in [3.05, 3.63) is 133 Å². The quantitative estimate of drug-likeness (QED) is 0.234. The molecule has 0 spiro atoms. The molecule has 180 valence electrons. The summed E-state index contributed by atoms with van der Waals surface area (Å²) in [6.07, 6.45) is 0. The maximum Gasteiger partial charge on any atom is 0.0971 e. The smallest absolute Gasteiger partial charge is 0.0971 e. The van der Waals surface area contributed by atoms with E-state index in [2.05, 4.69) is 138 Å². The molecule has 0 unspecified atom stereocenters. The molecular weight excluding hydrogens is 472 g/mol. The number of fused-ring (bicyclic) bond motifs is 7. The van der Waals surface area contributed by atoms with Gasteiger partial charge in [-0.3, -0.25) is 0 Å². The molecule has 2 heterocycles. The molecule has 0 amide bonds. The second kappa shape index (κ2) is 7.66. The molecule has 0 radical (unpaired) electrons. The van der Waals surface area contributed by atoms with Crippen LogP contribution in [0.3, 0.4) is 0 Å². The van der Waals surface area contributed by atoms with Gasteiger partial charge in [0.2, 0.25) is 0 Å². The van der Waals surface area contributed by atoms with E-state index in [9.17, 15) is 0 Å². The molecule has 0 saturated carbocycles. The van der Waals surface area contributed by atoms with Gasteiger partial charge in [0.1, 0.15) is 0 Å². The lowest BCUT2D eigenvalue weighted by Gasteiger charge is -2.12. The maximum atomic E-state index is 5.07. The Labute approximate surface area is 225 Å². The van der Waals surface area contributed by atoms with Gasteiger partial charge in [-0.25, -0.2) is 4.98 Å². The highest BCUT2D eigenvalue weighted by Gasteiger charge is 2.22. The topological polar surface area (TPSA) is 17.8 Å². The predicted molar refractivity (Wildman–Crippen MR) is 163 cm³/mol. The summed E-state index contributed by atoms with van der Waals surface area (Å²) in [6.45, 7) is 0. The van der Waals surface area contributed by atoms with E-state index in [0.717, 1.165) is 27.6 Å². The Kier molecular flexibility index (Phi) is 4.08. The summed E-state index contributed by atoms with van der Waals surface area (Å²) < 4.78 is 2.35. The predicted octanol–water partition coefficient (Wildman–Crippen LogP) is 9.80. The van der Waals surface area contributed by atoms with Crippen LogP contribution in [0.15, 0.2) is 133 Å². The fourth-order valence-electron chi connectivity index (χ4n) is 6.60. The molecule has 0 bridgehead atoms. The summed E-state index contributed by atoms with van der Waals surface area (Å²) in [4.78, 5) is 5.07. The Morgan fingerprint density at radius 3 is 2.00 bits per heavy atom. The van der Waals surface area contributed by atoms with Crippen molar-refractivity contribution in [1.29, 1.82) is 0 Å². The molecule has 9 rings (SSSR count). The Hall–Kier alpha value is -5.21. The van der Waals surface area contributed by atoms with Crippen LogP contribution in [0.4, 0.5) is 0 Å². The van der Waals surface area contributed by atoms with Crippen molar-refractivity contribution in [2.75, 3.05) is 0 Å². The van der Waals surface area contributed by atoms with Crippen molar-refractivity contribution < 1.29 is 0 Å². The summed E-state index contributed by atoms with van der Waals surface area (Å²) in [5.74, 6) is 0.